The van der Waals surface area contributed by atoms with Crippen molar-refractivity contribution >= 4 is 28.8 Å². The molecule has 7 heteroatoms. The van der Waals surface area contributed by atoms with Crippen molar-refractivity contribution in [2.24, 2.45) is 0 Å². The molecule has 3 amide bonds. The molecule has 24 heavy (non-hydrogen) atoms. The number of carbonyl (C=O) groups excluding carboxylic acids is 3. The molecule has 0 aliphatic carbocycles. The number of amides is 3. The first kappa shape index (κ1) is 18.3. The summed E-state index contributed by atoms with van der Waals surface area (Å²) in [6, 6.07) is 7.42. The first-order valence-corrected chi connectivity index (χ1v) is 8.96. The third-order valence-electron chi connectivity index (χ3n) is 3.56. The zero-order valence-electron chi connectivity index (χ0n) is 13.7. The third kappa shape index (κ3) is 5.88. The predicted octanol–water partition coefficient (Wildman–Crippen LogP) is 2.27. The van der Waals surface area contributed by atoms with Crippen LogP contribution in [0.5, 0.6) is 5.75 Å². The molecule has 2 rings (SSSR count). The molecule has 1 saturated heterocycles. The number of rotatable bonds is 9. The highest BCUT2D eigenvalue weighted by atomic mass is 32.2. The van der Waals surface area contributed by atoms with Crippen LogP contribution in [0.4, 0.5) is 4.79 Å². The maximum Gasteiger partial charge on any atom is 0.286 e. The second-order valence-electron chi connectivity index (χ2n) is 5.53. The third-order valence-corrected chi connectivity index (χ3v) is 4.54. The molecular weight excluding hydrogens is 328 g/mol. The van der Waals surface area contributed by atoms with Crippen molar-refractivity contribution in [2.75, 3.05) is 13.2 Å². The quantitative estimate of drug-likeness (QED) is 0.668. The van der Waals surface area contributed by atoms with Crippen molar-refractivity contribution in [1.82, 2.24) is 10.6 Å². The average molecular weight is 350 g/mol. The predicted molar refractivity (Wildman–Crippen MR) is 93.1 cm³/mol. The average Bonchev–Trinajstić information content (AvgIpc) is 2.88. The fourth-order valence-electron chi connectivity index (χ4n) is 2.25. The van der Waals surface area contributed by atoms with Gasteiger partial charge in [-0.15, -0.1) is 0 Å². The largest absolute Gasteiger partial charge is 0.492 e. The Morgan fingerprint density at radius 2 is 2.04 bits per heavy atom. The van der Waals surface area contributed by atoms with Gasteiger partial charge in [0.05, 0.1) is 11.8 Å². The number of hydrogen-bond donors (Lipinski definition) is 2. The minimum atomic E-state index is -0.359. The summed E-state index contributed by atoms with van der Waals surface area (Å²) in [6.07, 6.45) is 2.97. The van der Waals surface area contributed by atoms with Crippen LogP contribution >= 0.6 is 11.8 Å². The molecule has 0 radical (unpaired) electrons. The lowest BCUT2D eigenvalue weighted by molar-refractivity contribution is -0.121. The number of hydrogen-bond acceptors (Lipinski definition) is 5. The van der Waals surface area contributed by atoms with Crippen LogP contribution in [0.3, 0.4) is 0 Å². The van der Waals surface area contributed by atoms with Crippen LogP contribution in [0.25, 0.3) is 0 Å². The van der Waals surface area contributed by atoms with E-state index in [1.165, 1.54) is 0 Å². The molecule has 1 atom stereocenters. The van der Waals surface area contributed by atoms with Crippen LogP contribution in [-0.4, -0.2) is 35.5 Å². The zero-order valence-corrected chi connectivity index (χ0v) is 14.5. The molecule has 0 spiro atoms. The minimum absolute atomic E-state index is 0.0534. The molecule has 1 aromatic rings. The number of carbonyl (C=O) groups is 3. The van der Waals surface area contributed by atoms with Gasteiger partial charge in [-0.25, -0.2) is 0 Å². The Hall–Kier alpha value is -2.02. The van der Waals surface area contributed by atoms with Crippen LogP contribution in [0.15, 0.2) is 24.3 Å². The van der Waals surface area contributed by atoms with Crippen LogP contribution in [0.2, 0.25) is 0 Å². The van der Waals surface area contributed by atoms with Gasteiger partial charge in [0.25, 0.3) is 5.24 Å². The van der Waals surface area contributed by atoms with Gasteiger partial charge in [-0.3, -0.25) is 19.7 Å². The maximum absolute atomic E-state index is 11.5. The van der Waals surface area contributed by atoms with Crippen LogP contribution < -0.4 is 15.4 Å². The smallest absolute Gasteiger partial charge is 0.286 e. The Bertz CT molecular complexity index is 589. The molecule has 1 aliphatic rings. The van der Waals surface area contributed by atoms with Gasteiger partial charge < -0.3 is 10.1 Å². The summed E-state index contributed by atoms with van der Waals surface area (Å²) in [5, 5.41) is 4.45. The number of benzene rings is 1. The lowest BCUT2D eigenvalue weighted by Gasteiger charge is -2.09. The van der Waals surface area contributed by atoms with Gasteiger partial charge in [0, 0.05) is 6.42 Å². The number of ether oxygens (including phenoxy) is 1. The topological polar surface area (TPSA) is 84.5 Å². The van der Waals surface area contributed by atoms with Gasteiger partial charge >= 0.3 is 0 Å². The highest BCUT2D eigenvalue weighted by Gasteiger charge is 2.31. The van der Waals surface area contributed by atoms with E-state index in [-0.39, 0.29) is 22.3 Å². The number of imide groups is 1. The van der Waals surface area contributed by atoms with E-state index >= 15 is 0 Å². The Labute approximate surface area is 145 Å². The molecule has 1 fully saturated rings. The molecule has 1 aromatic carbocycles. The van der Waals surface area contributed by atoms with E-state index in [4.69, 9.17) is 4.74 Å². The molecule has 1 aliphatic heterocycles. The van der Waals surface area contributed by atoms with Gasteiger partial charge in [-0.1, -0.05) is 37.2 Å². The number of unbranched alkanes of at least 4 members (excludes halogenated alkanes) is 1. The van der Waals surface area contributed by atoms with E-state index < -0.39 is 0 Å². The van der Waals surface area contributed by atoms with Gasteiger partial charge in [-0.2, -0.15) is 0 Å². The second-order valence-corrected chi connectivity index (χ2v) is 6.71. The van der Waals surface area contributed by atoms with E-state index in [0.717, 1.165) is 30.2 Å². The highest BCUT2D eigenvalue weighted by molar-refractivity contribution is 8.15. The van der Waals surface area contributed by atoms with Crippen LogP contribution in [0.1, 0.15) is 31.7 Å². The van der Waals surface area contributed by atoms with Crippen LogP contribution in [0, 0.1) is 0 Å². The van der Waals surface area contributed by atoms with Crippen molar-refractivity contribution < 1.29 is 19.1 Å². The maximum atomic E-state index is 11.5. The van der Waals surface area contributed by atoms with Crippen molar-refractivity contribution in [1.29, 1.82) is 0 Å². The highest BCUT2D eigenvalue weighted by Crippen LogP contribution is 2.23. The van der Waals surface area contributed by atoms with E-state index in [2.05, 4.69) is 17.6 Å². The summed E-state index contributed by atoms with van der Waals surface area (Å²) < 4.78 is 5.57. The Morgan fingerprint density at radius 3 is 2.67 bits per heavy atom. The fourth-order valence-corrected chi connectivity index (χ4v) is 3.11. The lowest BCUT2D eigenvalue weighted by atomic mass is 10.1. The molecule has 0 saturated carbocycles. The fraction of sp³-hybridized carbons (Fsp3) is 0.471. The summed E-state index contributed by atoms with van der Waals surface area (Å²) in [6.45, 7) is 2.94. The minimum Gasteiger partial charge on any atom is -0.492 e. The van der Waals surface area contributed by atoms with E-state index in [9.17, 15) is 14.4 Å². The van der Waals surface area contributed by atoms with E-state index in [1.807, 2.05) is 24.3 Å². The SMILES string of the molecule is CCCCC(=O)NCCOc1ccc(CC2SC(=O)NC2=O)cc1. The standard InChI is InChI=1S/C17H22N2O4S/c1-2-3-4-15(20)18-9-10-23-13-7-5-12(6-8-13)11-14-16(21)19-17(22)24-14/h5-8,14H,2-4,9-11H2,1H3,(H,18,20)(H,19,21,22). The molecule has 0 aromatic heterocycles. The molecule has 2 N–H and O–H groups in total. The first-order chi connectivity index (χ1) is 11.6. The summed E-state index contributed by atoms with van der Waals surface area (Å²) in [5.74, 6) is 0.531. The molecule has 1 unspecified atom stereocenters. The van der Waals surface area contributed by atoms with Crippen molar-refractivity contribution in [3.05, 3.63) is 29.8 Å². The normalized spacial score (nSPS) is 16.8. The number of thioether (sulfide) groups is 1. The molecular formula is C17H22N2O4S. The first-order valence-electron chi connectivity index (χ1n) is 8.08. The van der Waals surface area contributed by atoms with Gasteiger partial charge in [-0.05, 0) is 30.5 Å². The van der Waals surface area contributed by atoms with Crippen molar-refractivity contribution in [3.8, 4) is 5.75 Å². The van der Waals surface area contributed by atoms with Crippen molar-refractivity contribution in [2.45, 2.75) is 37.9 Å². The summed E-state index contributed by atoms with van der Waals surface area (Å²) >= 11 is 1.03. The summed E-state index contributed by atoms with van der Waals surface area (Å²) in [4.78, 5) is 34.1. The molecule has 0 bridgehead atoms. The Balaban J connectivity index is 1.69. The monoisotopic (exact) mass is 350 g/mol. The molecule has 1 heterocycles. The molecule has 6 nitrogen and oxygen atoms in total. The second kappa shape index (κ2) is 9.32. The van der Waals surface area contributed by atoms with Gasteiger partial charge in [0.15, 0.2) is 0 Å². The lowest BCUT2D eigenvalue weighted by Crippen LogP contribution is -2.27. The Kier molecular flexibility index (Phi) is 7.11. The van der Waals surface area contributed by atoms with Gasteiger partial charge in [0.1, 0.15) is 12.4 Å². The Morgan fingerprint density at radius 1 is 1.29 bits per heavy atom. The van der Waals surface area contributed by atoms with Gasteiger partial charge in [0.2, 0.25) is 11.8 Å². The molecule has 130 valence electrons. The van der Waals surface area contributed by atoms with E-state index in [0.29, 0.717) is 31.7 Å². The van der Waals surface area contributed by atoms with Crippen molar-refractivity contribution in [3.63, 3.8) is 0 Å². The zero-order chi connectivity index (χ0) is 17.4. The van der Waals surface area contributed by atoms with Crippen LogP contribution in [-0.2, 0) is 16.0 Å². The summed E-state index contributed by atoms with van der Waals surface area (Å²) in [5.41, 5.74) is 0.970. The van der Waals surface area contributed by atoms with E-state index in [1.54, 1.807) is 0 Å². The number of nitrogens with one attached hydrogen (secondary N) is 2. The summed E-state index contributed by atoms with van der Waals surface area (Å²) in [7, 11) is 0.